The van der Waals surface area contributed by atoms with Gasteiger partial charge in [-0.15, -0.1) is 0 Å². The largest absolute Gasteiger partial charge is 0.459 e. The van der Waals surface area contributed by atoms with Crippen LogP contribution in [0.1, 0.15) is 34.1 Å². The second-order valence-corrected chi connectivity index (χ2v) is 5.35. The molecule has 0 aromatic carbocycles. The van der Waals surface area contributed by atoms with E-state index in [4.69, 9.17) is 5.26 Å². The Morgan fingerprint density at radius 1 is 1.00 bits per heavy atom. The zero-order valence-electron chi connectivity index (χ0n) is 11.4. The van der Waals surface area contributed by atoms with Gasteiger partial charge in [-0.1, -0.05) is 27.7 Å². The van der Waals surface area contributed by atoms with Gasteiger partial charge in [-0.25, -0.2) is 4.89 Å². The Kier molecular flexibility index (Phi) is 5.51. The summed E-state index contributed by atoms with van der Waals surface area (Å²) in [6.45, 7) is 4.61. The fourth-order valence-corrected chi connectivity index (χ4v) is 1.78. The van der Waals surface area contributed by atoms with E-state index in [1.54, 1.807) is 0 Å². The van der Waals surface area contributed by atoms with E-state index in [1.165, 1.54) is 20.8 Å². The first-order chi connectivity index (χ1) is 8.66. The first-order valence-electron chi connectivity index (χ1n) is 5.79. The molecule has 0 saturated carbocycles. The van der Waals surface area contributed by atoms with Gasteiger partial charge in [0.15, 0.2) is 0 Å². The maximum absolute atomic E-state index is 13.5. The third-order valence-corrected chi connectivity index (χ3v) is 3.60. The highest BCUT2D eigenvalue weighted by Crippen LogP contribution is 2.52. The molecule has 0 aromatic heterocycles. The molecule has 0 heterocycles. The summed E-state index contributed by atoms with van der Waals surface area (Å²) in [4.78, 5) is 3.78. The Hall–Kier alpha value is -0.570. The number of hydrogen-bond donors (Lipinski definition) is 1. The van der Waals surface area contributed by atoms with Crippen molar-refractivity contribution in [2.45, 2.75) is 58.2 Å². The van der Waals surface area contributed by atoms with Gasteiger partial charge >= 0.3 is 18.0 Å². The predicted octanol–water partition coefficient (Wildman–Crippen LogP) is 4.75. The van der Waals surface area contributed by atoms with E-state index in [0.717, 1.165) is 0 Å². The van der Waals surface area contributed by atoms with Gasteiger partial charge in [0, 0.05) is 0 Å². The van der Waals surface area contributed by atoms with E-state index < -0.39 is 35.5 Å². The average molecular weight is 314 g/mol. The molecule has 2 unspecified atom stereocenters. The molecule has 0 spiro atoms. The molecule has 122 valence electrons. The van der Waals surface area contributed by atoms with E-state index in [-0.39, 0.29) is 6.42 Å². The summed E-state index contributed by atoms with van der Waals surface area (Å²) in [7, 11) is 0. The molecule has 0 rings (SSSR count). The predicted molar refractivity (Wildman–Crippen MR) is 56.7 cm³/mol. The summed E-state index contributed by atoms with van der Waals surface area (Å²) < 4.78 is 89.2. The van der Waals surface area contributed by atoms with Crippen molar-refractivity contribution < 1.29 is 40.9 Å². The summed E-state index contributed by atoms with van der Waals surface area (Å²) in [5, 5.41) is 8.64. The number of alkyl halides is 7. The molecule has 0 fully saturated rings. The minimum atomic E-state index is -6.40. The van der Waals surface area contributed by atoms with Gasteiger partial charge in [0.1, 0.15) is 6.10 Å². The molecule has 2 nitrogen and oxygen atoms in total. The summed E-state index contributed by atoms with van der Waals surface area (Å²) in [6, 6.07) is 0. The monoisotopic (exact) mass is 314 g/mol. The van der Waals surface area contributed by atoms with Crippen molar-refractivity contribution in [2.75, 3.05) is 0 Å². The Bertz CT molecular complexity index is 325. The zero-order valence-corrected chi connectivity index (χ0v) is 11.4. The van der Waals surface area contributed by atoms with Crippen LogP contribution < -0.4 is 0 Å². The van der Waals surface area contributed by atoms with Crippen LogP contribution in [-0.4, -0.2) is 29.4 Å². The SMILES string of the molecule is CCC(C)(C)C(OO)C(C)C(F)(F)C(F)(F)C(F)(F)F. The van der Waals surface area contributed by atoms with E-state index in [1.807, 2.05) is 0 Å². The van der Waals surface area contributed by atoms with Crippen LogP contribution in [0.5, 0.6) is 0 Å². The van der Waals surface area contributed by atoms with Gasteiger partial charge in [-0.3, -0.25) is 5.26 Å². The van der Waals surface area contributed by atoms with Gasteiger partial charge < -0.3 is 0 Å². The van der Waals surface area contributed by atoms with Crippen molar-refractivity contribution in [3.63, 3.8) is 0 Å². The van der Waals surface area contributed by atoms with Crippen molar-refractivity contribution in [2.24, 2.45) is 11.3 Å². The molecule has 1 N–H and O–H groups in total. The van der Waals surface area contributed by atoms with Gasteiger partial charge in [0.25, 0.3) is 0 Å². The van der Waals surface area contributed by atoms with Crippen LogP contribution in [0.25, 0.3) is 0 Å². The van der Waals surface area contributed by atoms with E-state index in [9.17, 15) is 30.7 Å². The van der Waals surface area contributed by atoms with Crippen molar-refractivity contribution >= 4 is 0 Å². The Morgan fingerprint density at radius 3 is 1.65 bits per heavy atom. The molecule has 0 aliphatic carbocycles. The molecule has 0 radical (unpaired) electrons. The molecule has 9 heteroatoms. The standard InChI is InChI=1S/C11H17F7O2/c1-5-8(3,4)7(20-19)6(2)9(12,13)10(14,15)11(16,17)18/h6-7,19H,5H2,1-4H3. The molecule has 0 bridgehead atoms. The smallest absolute Gasteiger partial charge is 0.252 e. The van der Waals surface area contributed by atoms with Crippen LogP contribution in [0.15, 0.2) is 0 Å². The summed E-state index contributed by atoms with van der Waals surface area (Å²) in [5.41, 5.74) is -1.22. The highest BCUT2D eigenvalue weighted by atomic mass is 19.4. The molecule has 20 heavy (non-hydrogen) atoms. The maximum atomic E-state index is 13.5. The quantitative estimate of drug-likeness (QED) is 0.435. The van der Waals surface area contributed by atoms with Crippen LogP contribution >= 0.6 is 0 Å². The van der Waals surface area contributed by atoms with Crippen molar-refractivity contribution in [3.05, 3.63) is 0 Å². The minimum absolute atomic E-state index is 0.121. The summed E-state index contributed by atoms with van der Waals surface area (Å²) in [5.74, 6) is -14.2. The second kappa shape index (κ2) is 5.67. The second-order valence-electron chi connectivity index (χ2n) is 5.35. The third-order valence-electron chi connectivity index (χ3n) is 3.60. The van der Waals surface area contributed by atoms with Crippen molar-refractivity contribution in [1.82, 2.24) is 0 Å². The first-order valence-corrected chi connectivity index (χ1v) is 5.79. The lowest BCUT2D eigenvalue weighted by Gasteiger charge is -2.40. The third kappa shape index (κ3) is 3.19. The number of hydrogen-bond acceptors (Lipinski definition) is 2. The Labute approximate surface area is 111 Å². The molecule has 2 atom stereocenters. The zero-order chi connectivity index (χ0) is 16.6. The first kappa shape index (κ1) is 19.4. The lowest BCUT2D eigenvalue weighted by atomic mass is 9.75. The fraction of sp³-hybridized carbons (Fsp3) is 1.00. The highest BCUT2D eigenvalue weighted by Gasteiger charge is 2.75. The number of rotatable bonds is 6. The van der Waals surface area contributed by atoms with Crippen LogP contribution in [0, 0.1) is 11.3 Å². The Balaban J connectivity index is 5.60. The fourth-order valence-electron chi connectivity index (χ4n) is 1.78. The Morgan fingerprint density at radius 2 is 1.40 bits per heavy atom. The van der Waals surface area contributed by atoms with Gasteiger partial charge in [-0.05, 0) is 11.8 Å². The van der Waals surface area contributed by atoms with Crippen LogP contribution in [-0.2, 0) is 4.89 Å². The van der Waals surface area contributed by atoms with Crippen LogP contribution in [0.3, 0.4) is 0 Å². The molecule has 0 aliphatic heterocycles. The van der Waals surface area contributed by atoms with Crippen LogP contribution in [0.4, 0.5) is 30.7 Å². The highest BCUT2D eigenvalue weighted by molar-refractivity contribution is 4.99. The molecule has 0 amide bonds. The lowest BCUT2D eigenvalue weighted by Crippen LogP contribution is -2.59. The van der Waals surface area contributed by atoms with E-state index in [0.29, 0.717) is 6.92 Å². The van der Waals surface area contributed by atoms with Gasteiger partial charge in [0.05, 0.1) is 5.92 Å². The summed E-state index contributed by atoms with van der Waals surface area (Å²) >= 11 is 0. The molecular weight excluding hydrogens is 297 g/mol. The lowest BCUT2D eigenvalue weighted by molar-refractivity contribution is -0.390. The number of halogens is 7. The average Bonchev–Trinajstić information content (AvgIpc) is 2.27. The molecular formula is C11H17F7O2. The van der Waals surface area contributed by atoms with E-state index >= 15 is 0 Å². The maximum Gasteiger partial charge on any atom is 0.459 e. The molecule has 0 aliphatic rings. The normalized spacial score (nSPS) is 18.0. The minimum Gasteiger partial charge on any atom is -0.252 e. The van der Waals surface area contributed by atoms with Crippen LogP contribution in [0.2, 0.25) is 0 Å². The van der Waals surface area contributed by atoms with E-state index in [2.05, 4.69) is 4.89 Å². The topological polar surface area (TPSA) is 29.5 Å². The van der Waals surface area contributed by atoms with Crippen molar-refractivity contribution in [3.8, 4) is 0 Å². The molecule has 0 saturated heterocycles. The van der Waals surface area contributed by atoms with Gasteiger partial charge in [0.2, 0.25) is 0 Å². The van der Waals surface area contributed by atoms with Gasteiger partial charge in [-0.2, -0.15) is 30.7 Å². The van der Waals surface area contributed by atoms with Crippen molar-refractivity contribution in [1.29, 1.82) is 0 Å². The molecule has 0 aromatic rings. The summed E-state index contributed by atoms with van der Waals surface area (Å²) in [6.07, 6.45) is -8.17.